The summed E-state index contributed by atoms with van der Waals surface area (Å²) in [6, 6.07) is -0.0573. The monoisotopic (exact) mass is 291 g/mol. The highest BCUT2D eigenvalue weighted by Crippen LogP contribution is 2.30. The van der Waals surface area contributed by atoms with Gasteiger partial charge in [-0.2, -0.15) is 5.10 Å². The number of aromatic nitrogens is 2. The summed E-state index contributed by atoms with van der Waals surface area (Å²) in [5.74, 6) is -0.138. The van der Waals surface area contributed by atoms with Crippen molar-refractivity contribution in [2.45, 2.75) is 32.2 Å². The van der Waals surface area contributed by atoms with E-state index in [1.165, 1.54) is 0 Å². The molecule has 2 saturated heterocycles. The molecule has 0 radical (unpaired) electrons. The van der Waals surface area contributed by atoms with Gasteiger partial charge in [0.2, 0.25) is 5.91 Å². The summed E-state index contributed by atoms with van der Waals surface area (Å²) in [6.45, 7) is 3.16. The fraction of sp³-hybridized carbons (Fsp3) is 0.643. The molecule has 21 heavy (non-hydrogen) atoms. The van der Waals surface area contributed by atoms with E-state index >= 15 is 0 Å². The van der Waals surface area contributed by atoms with Crippen molar-refractivity contribution in [3.63, 3.8) is 0 Å². The number of amides is 2. The Kier molecular flexibility index (Phi) is 3.35. The van der Waals surface area contributed by atoms with Gasteiger partial charge in [-0.3, -0.25) is 14.3 Å². The smallest absolute Gasteiger partial charge is 0.274 e. The molecule has 2 aliphatic heterocycles. The van der Waals surface area contributed by atoms with E-state index in [1.807, 2.05) is 6.92 Å². The SMILES string of the molecule is CCc1nn(C)c(C(=O)N2CCCC3C(=O)NCC32)c1N. The molecule has 1 aromatic heterocycles. The molecular weight excluding hydrogens is 270 g/mol. The van der Waals surface area contributed by atoms with E-state index in [1.54, 1.807) is 16.6 Å². The number of hydrogen-bond acceptors (Lipinski definition) is 4. The van der Waals surface area contributed by atoms with Crippen LogP contribution in [0.1, 0.15) is 35.9 Å². The molecule has 0 bridgehead atoms. The number of piperidine rings is 1. The van der Waals surface area contributed by atoms with E-state index in [2.05, 4.69) is 10.4 Å². The van der Waals surface area contributed by atoms with Crippen molar-refractivity contribution < 1.29 is 9.59 Å². The van der Waals surface area contributed by atoms with Gasteiger partial charge >= 0.3 is 0 Å². The first-order valence-electron chi connectivity index (χ1n) is 7.44. The molecule has 2 amide bonds. The second-order valence-electron chi connectivity index (χ2n) is 5.75. The molecule has 1 aromatic rings. The zero-order valence-electron chi connectivity index (χ0n) is 12.4. The number of anilines is 1. The number of rotatable bonds is 2. The van der Waals surface area contributed by atoms with Crippen molar-refractivity contribution in [3.8, 4) is 0 Å². The zero-order chi connectivity index (χ0) is 15.1. The molecule has 0 spiro atoms. The average Bonchev–Trinajstić information content (AvgIpc) is 2.99. The van der Waals surface area contributed by atoms with Gasteiger partial charge in [-0.1, -0.05) is 6.92 Å². The van der Waals surface area contributed by atoms with Crippen molar-refractivity contribution in [1.29, 1.82) is 0 Å². The van der Waals surface area contributed by atoms with Crippen LogP contribution in [0.5, 0.6) is 0 Å². The molecule has 7 heteroatoms. The molecule has 0 aliphatic carbocycles. The van der Waals surface area contributed by atoms with E-state index < -0.39 is 0 Å². The number of nitrogen functional groups attached to an aromatic ring is 1. The van der Waals surface area contributed by atoms with Crippen LogP contribution in [0.4, 0.5) is 5.69 Å². The van der Waals surface area contributed by atoms with Crippen molar-refractivity contribution in [3.05, 3.63) is 11.4 Å². The van der Waals surface area contributed by atoms with E-state index in [0.29, 0.717) is 30.9 Å². The van der Waals surface area contributed by atoms with Crippen LogP contribution in [-0.4, -0.2) is 45.6 Å². The lowest BCUT2D eigenvalue weighted by atomic mass is 9.91. The number of likely N-dealkylation sites (tertiary alicyclic amines) is 1. The second kappa shape index (κ2) is 5.05. The Hall–Kier alpha value is -2.05. The van der Waals surface area contributed by atoms with Gasteiger partial charge in [0, 0.05) is 20.1 Å². The normalized spacial score (nSPS) is 24.9. The fourth-order valence-electron chi connectivity index (χ4n) is 3.45. The molecule has 2 aliphatic rings. The third kappa shape index (κ3) is 2.07. The topological polar surface area (TPSA) is 93.2 Å². The van der Waals surface area contributed by atoms with Crippen LogP contribution in [-0.2, 0) is 18.3 Å². The minimum absolute atomic E-state index is 0.0573. The van der Waals surface area contributed by atoms with Crippen molar-refractivity contribution >= 4 is 17.5 Å². The van der Waals surface area contributed by atoms with Gasteiger partial charge in [-0.25, -0.2) is 0 Å². The van der Waals surface area contributed by atoms with E-state index in [-0.39, 0.29) is 23.8 Å². The van der Waals surface area contributed by atoms with Gasteiger partial charge in [0.1, 0.15) is 5.69 Å². The van der Waals surface area contributed by atoms with E-state index in [0.717, 1.165) is 18.5 Å². The molecule has 2 unspecified atom stereocenters. The molecule has 3 rings (SSSR count). The minimum atomic E-state index is -0.117. The molecule has 0 aromatic carbocycles. The largest absolute Gasteiger partial charge is 0.395 e. The highest BCUT2D eigenvalue weighted by Gasteiger charge is 2.43. The quantitative estimate of drug-likeness (QED) is 0.796. The maximum absolute atomic E-state index is 12.9. The number of carbonyl (C=O) groups is 2. The Morgan fingerprint density at radius 1 is 1.52 bits per heavy atom. The van der Waals surface area contributed by atoms with Crippen molar-refractivity contribution in [1.82, 2.24) is 20.0 Å². The molecular formula is C14H21N5O2. The molecule has 3 N–H and O–H groups in total. The lowest BCUT2D eigenvalue weighted by Crippen LogP contribution is -2.49. The van der Waals surface area contributed by atoms with Gasteiger partial charge in [-0.15, -0.1) is 0 Å². The highest BCUT2D eigenvalue weighted by molar-refractivity contribution is 5.99. The first-order chi connectivity index (χ1) is 10.0. The third-order valence-corrected chi connectivity index (χ3v) is 4.56. The number of aryl methyl sites for hydroxylation is 2. The fourth-order valence-corrected chi connectivity index (χ4v) is 3.45. The first kappa shape index (κ1) is 13.9. The minimum Gasteiger partial charge on any atom is -0.395 e. The zero-order valence-corrected chi connectivity index (χ0v) is 12.4. The van der Waals surface area contributed by atoms with Gasteiger partial charge in [0.25, 0.3) is 5.91 Å². The second-order valence-corrected chi connectivity index (χ2v) is 5.75. The molecule has 114 valence electrons. The van der Waals surface area contributed by atoms with Gasteiger partial charge in [-0.05, 0) is 19.3 Å². The van der Waals surface area contributed by atoms with Gasteiger partial charge in [0.05, 0.1) is 23.3 Å². The summed E-state index contributed by atoms with van der Waals surface area (Å²) in [4.78, 5) is 26.5. The summed E-state index contributed by atoms with van der Waals surface area (Å²) in [5, 5.41) is 7.16. The Bertz CT molecular complexity index is 594. The average molecular weight is 291 g/mol. The first-order valence-corrected chi connectivity index (χ1v) is 7.44. The predicted molar refractivity (Wildman–Crippen MR) is 77.6 cm³/mol. The van der Waals surface area contributed by atoms with Crippen LogP contribution in [0.15, 0.2) is 0 Å². The molecule has 3 heterocycles. The molecule has 2 fully saturated rings. The summed E-state index contributed by atoms with van der Waals surface area (Å²) in [6.07, 6.45) is 2.39. The summed E-state index contributed by atoms with van der Waals surface area (Å²) < 4.78 is 1.56. The Labute approximate surface area is 123 Å². The van der Waals surface area contributed by atoms with Crippen molar-refractivity contribution in [2.24, 2.45) is 13.0 Å². The lowest BCUT2D eigenvalue weighted by molar-refractivity contribution is -0.123. The van der Waals surface area contributed by atoms with Crippen LogP contribution >= 0.6 is 0 Å². The summed E-state index contributed by atoms with van der Waals surface area (Å²) in [5.41, 5.74) is 7.72. The van der Waals surface area contributed by atoms with Crippen LogP contribution in [0.2, 0.25) is 0 Å². The van der Waals surface area contributed by atoms with Crippen LogP contribution < -0.4 is 11.1 Å². The number of nitrogens with one attached hydrogen (secondary N) is 1. The third-order valence-electron chi connectivity index (χ3n) is 4.56. The number of nitrogens with two attached hydrogens (primary N) is 1. The van der Waals surface area contributed by atoms with Crippen molar-refractivity contribution in [2.75, 3.05) is 18.8 Å². The number of hydrogen-bond donors (Lipinski definition) is 2. The maximum Gasteiger partial charge on any atom is 0.274 e. The van der Waals surface area contributed by atoms with E-state index in [9.17, 15) is 9.59 Å². The number of fused-ring (bicyclic) bond motifs is 1. The van der Waals surface area contributed by atoms with Crippen LogP contribution in [0.25, 0.3) is 0 Å². The Balaban J connectivity index is 1.91. The molecule has 0 saturated carbocycles. The standard InChI is InChI=1S/C14H21N5O2/c1-3-9-11(15)12(18(2)17-9)14(21)19-6-4-5-8-10(19)7-16-13(8)20/h8,10H,3-7,15H2,1-2H3,(H,16,20). The van der Waals surface area contributed by atoms with Crippen LogP contribution in [0.3, 0.4) is 0 Å². The Morgan fingerprint density at radius 2 is 2.29 bits per heavy atom. The molecule has 7 nitrogen and oxygen atoms in total. The predicted octanol–water partition coefficient (Wildman–Crippen LogP) is -0.0847. The summed E-state index contributed by atoms with van der Waals surface area (Å²) >= 11 is 0. The highest BCUT2D eigenvalue weighted by atomic mass is 16.2. The lowest BCUT2D eigenvalue weighted by Gasteiger charge is -2.35. The summed E-state index contributed by atoms with van der Waals surface area (Å²) in [7, 11) is 1.74. The van der Waals surface area contributed by atoms with Gasteiger partial charge < -0.3 is 16.0 Å². The Morgan fingerprint density at radius 3 is 2.95 bits per heavy atom. The maximum atomic E-state index is 12.9. The van der Waals surface area contributed by atoms with E-state index in [4.69, 9.17) is 5.73 Å². The number of carbonyl (C=O) groups excluding carboxylic acids is 2. The molecule has 2 atom stereocenters. The number of nitrogens with zero attached hydrogens (tertiary/aromatic N) is 3. The van der Waals surface area contributed by atoms with Crippen LogP contribution in [0, 0.1) is 5.92 Å². The van der Waals surface area contributed by atoms with Gasteiger partial charge in [0.15, 0.2) is 0 Å².